The number of nitrogens with two attached hydrogens (primary N) is 1. The minimum atomic E-state index is -0.485. The van der Waals surface area contributed by atoms with Crippen LogP contribution in [0.1, 0.15) is 11.5 Å². The highest BCUT2D eigenvalue weighted by molar-refractivity contribution is 6.68. The second-order valence-electron chi connectivity index (χ2n) is 6.63. The van der Waals surface area contributed by atoms with Gasteiger partial charge in [0.05, 0.1) is 12.5 Å². The molecule has 1 aliphatic heterocycles. The van der Waals surface area contributed by atoms with Crippen molar-refractivity contribution in [2.45, 2.75) is 5.92 Å². The minimum absolute atomic E-state index is 0.172. The van der Waals surface area contributed by atoms with Crippen molar-refractivity contribution in [1.82, 2.24) is 10.2 Å². The summed E-state index contributed by atoms with van der Waals surface area (Å²) >= 11 is 0. The van der Waals surface area contributed by atoms with Crippen LogP contribution in [-0.2, 0) is 14.2 Å². The first-order chi connectivity index (χ1) is 13.6. The molecule has 0 saturated carbocycles. The second kappa shape index (κ2) is 7.79. The Kier molecular flexibility index (Phi) is 5.05. The Hall–Kier alpha value is -3.23. The van der Waals surface area contributed by atoms with Crippen LogP contribution in [0.15, 0.2) is 60.9 Å². The molecule has 4 N–H and O–H groups in total. The molecule has 140 valence electrons. The predicted octanol–water partition coefficient (Wildman–Crippen LogP) is 0.757. The number of aromatic nitrogens is 1. The van der Waals surface area contributed by atoms with Crippen molar-refractivity contribution in [3.8, 4) is 0 Å². The second-order valence-corrected chi connectivity index (χ2v) is 6.63. The zero-order valence-electron chi connectivity index (χ0n) is 15.1. The normalized spacial score (nSPS) is 14.8. The number of carbonyl (C=O) groups is 2. The molecule has 4 rings (SSSR count). The van der Waals surface area contributed by atoms with E-state index in [1.54, 1.807) is 12.4 Å². The average molecular weight is 374 g/mol. The van der Waals surface area contributed by atoms with E-state index >= 15 is 0 Å². The fourth-order valence-electron chi connectivity index (χ4n) is 3.26. The Morgan fingerprint density at radius 2 is 2.04 bits per heavy atom. The quantitative estimate of drug-likeness (QED) is 0.570. The molecule has 1 amide bonds. The van der Waals surface area contributed by atoms with E-state index in [1.165, 1.54) is 0 Å². The number of anilines is 1. The van der Waals surface area contributed by atoms with Gasteiger partial charge < -0.3 is 20.9 Å². The van der Waals surface area contributed by atoms with Gasteiger partial charge >= 0.3 is 13.0 Å². The van der Waals surface area contributed by atoms with E-state index in [2.05, 4.69) is 15.5 Å². The first-order valence-corrected chi connectivity index (χ1v) is 9.01. The van der Waals surface area contributed by atoms with Gasteiger partial charge in [0.2, 0.25) is 5.91 Å². The van der Waals surface area contributed by atoms with Gasteiger partial charge in [-0.3, -0.25) is 14.6 Å². The molecule has 28 heavy (non-hydrogen) atoms. The predicted molar refractivity (Wildman–Crippen MR) is 108 cm³/mol. The third-order valence-electron chi connectivity index (χ3n) is 4.78. The first kappa shape index (κ1) is 18.2. The van der Waals surface area contributed by atoms with E-state index in [0.717, 1.165) is 21.8 Å². The van der Waals surface area contributed by atoms with E-state index in [1.807, 2.05) is 48.5 Å². The Morgan fingerprint density at radius 3 is 2.75 bits per heavy atom. The van der Waals surface area contributed by atoms with Gasteiger partial charge in [-0.15, -0.1) is 0 Å². The van der Waals surface area contributed by atoms with Gasteiger partial charge in [-0.25, -0.2) is 0 Å². The number of fused-ring (bicyclic) bond motifs is 1. The topological polar surface area (TPSA) is 106 Å². The summed E-state index contributed by atoms with van der Waals surface area (Å²) in [6.07, 6.45) is 3.50. The molecule has 1 unspecified atom stereocenters. The lowest BCUT2D eigenvalue weighted by molar-refractivity contribution is -0.131. The molecule has 0 aliphatic carbocycles. The third-order valence-corrected chi connectivity index (χ3v) is 4.78. The lowest BCUT2D eigenvalue weighted by Gasteiger charge is -2.16. The van der Waals surface area contributed by atoms with Crippen molar-refractivity contribution in [3.63, 3.8) is 0 Å². The van der Waals surface area contributed by atoms with E-state index < -0.39 is 13.0 Å². The maximum atomic E-state index is 12.8. The summed E-state index contributed by atoms with van der Waals surface area (Å²) in [5, 5.41) is 7.92. The largest absolute Gasteiger partial charge is 0.515 e. The monoisotopic (exact) mass is 374 g/mol. The van der Waals surface area contributed by atoms with Gasteiger partial charge in [0, 0.05) is 30.0 Å². The fraction of sp³-hybridized carbons (Fsp3) is 0.150. The smallest absolute Gasteiger partial charge is 0.485 e. The van der Waals surface area contributed by atoms with Crippen LogP contribution in [-0.4, -0.2) is 37.0 Å². The van der Waals surface area contributed by atoms with Crippen molar-refractivity contribution in [1.29, 1.82) is 0 Å². The summed E-state index contributed by atoms with van der Waals surface area (Å²) in [4.78, 5) is 28.1. The average Bonchev–Trinajstić information content (AvgIpc) is 3.15. The van der Waals surface area contributed by atoms with Crippen LogP contribution < -0.4 is 21.7 Å². The molecule has 1 saturated heterocycles. The van der Waals surface area contributed by atoms with Crippen molar-refractivity contribution in [2.24, 2.45) is 5.73 Å². The Labute approximate surface area is 162 Å². The summed E-state index contributed by atoms with van der Waals surface area (Å²) in [6, 6.07) is 14.9. The molecule has 0 radical (unpaired) electrons. The van der Waals surface area contributed by atoms with Crippen molar-refractivity contribution < 1.29 is 14.2 Å². The van der Waals surface area contributed by atoms with E-state index in [-0.39, 0.29) is 25.0 Å². The lowest BCUT2D eigenvalue weighted by Crippen LogP contribution is -2.41. The van der Waals surface area contributed by atoms with Crippen molar-refractivity contribution in [3.05, 3.63) is 66.5 Å². The number of rotatable bonds is 5. The number of nitrogens with zero attached hydrogens (tertiary/aromatic N) is 1. The highest BCUT2D eigenvalue weighted by Crippen LogP contribution is 2.21. The lowest BCUT2D eigenvalue weighted by atomic mass is 9.74. The van der Waals surface area contributed by atoms with Gasteiger partial charge in [0.1, 0.15) is 0 Å². The number of benzene rings is 2. The summed E-state index contributed by atoms with van der Waals surface area (Å²) in [6.45, 7) is 0.376. The third kappa shape index (κ3) is 3.73. The van der Waals surface area contributed by atoms with Crippen LogP contribution >= 0.6 is 0 Å². The van der Waals surface area contributed by atoms with Crippen LogP contribution in [0.25, 0.3) is 10.8 Å². The first-order valence-electron chi connectivity index (χ1n) is 9.01. The number of nitrogens with one attached hydrogen (secondary N) is 2. The maximum Gasteiger partial charge on any atom is 0.485 e. The minimum Gasteiger partial charge on any atom is -0.515 e. The van der Waals surface area contributed by atoms with Crippen LogP contribution in [0.5, 0.6) is 0 Å². The van der Waals surface area contributed by atoms with Crippen molar-refractivity contribution in [2.75, 3.05) is 18.4 Å². The zero-order chi connectivity index (χ0) is 19.5. The summed E-state index contributed by atoms with van der Waals surface area (Å²) in [5.74, 6) is -0.935. The highest BCUT2D eigenvalue weighted by atomic mass is 16.5. The molecule has 2 heterocycles. The number of carbonyl (C=O) groups excluding carboxylic acids is 2. The molecule has 8 heteroatoms. The number of hydrogen-bond acceptors (Lipinski definition) is 6. The summed E-state index contributed by atoms with van der Waals surface area (Å²) in [7, 11) is -0.446. The number of pyridine rings is 1. The fourth-order valence-corrected chi connectivity index (χ4v) is 3.26. The molecular weight excluding hydrogens is 355 g/mol. The molecule has 0 bridgehead atoms. The molecule has 2 aromatic carbocycles. The molecule has 3 aromatic rings. The number of hydrogen-bond donors (Lipinski definition) is 3. The Bertz CT molecular complexity index is 1030. The van der Waals surface area contributed by atoms with Gasteiger partial charge in [0.15, 0.2) is 0 Å². The molecule has 1 aliphatic rings. The molecular formula is C20H19BN4O3. The van der Waals surface area contributed by atoms with Gasteiger partial charge in [-0.2, -0.15) is 0 Å². The van der Waals surface area contributed by atoms with Crippen LogP contribution in [0.4, 0.5) is 5.69 Å². The highest BCUT2D eigenvalue weighted by Gasteiger charge is 2.30. The SMILES string of the molecule is NCC(C(=O)Nc1ccc2cnccc2c1)c1ccc(B2NCC(=O)O2)cc1. The molecule has 1 aromatic heterocycles. The van der Waals surface area contributed by atoms with Gasteiger partial charge in [-0.1, -0.05) is 30.3 Å². The maximum absolute atomic E-state index is 12.8. The summed E-state index contributed by atoms with van der Waals surface area (Å²) in [5.41, 5.74) is 8.22. The Balaban J connectivity index is 1.49. The van der Waals surface area contributed by atoms with E-state index in [4.69, 9.17) is 10.4 Å². The van der Waals surface area contributed by atoms with Crippen LogP contribution in [0.3, 0.4) is 0 Å². The summed E-state index contributed by atoms with van der Waals surface area (Å²) < 4.78 is 5.18. The zero-order valence-corrected chi connectivity index (χ0v) is 15.1. The van der Waals surface area contributed by atoms with E-state index in [9.17, 15) is 9.59 Å². The van der Waals surface area contributed by atoms with Crippen LogP contribution in [0.2, 0.25) is 0 Å². The van der Waals surface area contributed by atoms with Crippen molar-refractivity contribution >= 4 is 40.8 Å². The van der Waals surface area contributed by atoms with Gasteiger partial charge in [0.25, 0.3) is 0 Å². The molecule has 1 atom stereocenters. The molecule has 1 fully saturated rings. The standard InChI is InChI=1S/C20H19BN4O3/c22-10-18(13-1-4-16(5-2-13)21-24-12-19(26)28-21)20(27)25-17-6-3-15-11-23-8-7-14(15)9-17/h1-9,11,18,24H,10,12,22H2,(H,25,27). The molecule has 0 spiro atoms. The van der Waals surface area contributed by atoms with E-state index in [0.29, 0.717) is 5.69 Å². The Morgan fingerprint density at radius 1 is 1.21 bits per heavy atom. The van der Waals surface area contributed by atoms with Crippen LogP contribution in [0, 0.1) is 0 Å². The van der Waals surface area contributed by atoms with Gasteiger partial charge in [-0.05, 0) is 34.6 Å². The number of amides is 1. The molecule has 7 nitrogen and oxygen atoms in total.